The number of rotatable bonds is 9. The Hall–Kier alpha value is -4.23. The van der Waals surface area contributed by atoms with E-state index in [4.69, 9.17) is 10.5 Å². The molecule has 1 aliphatic carbocycles. The highest BCUT2D eigenvalue weighted by Gasteiger charge is 2.29. The first-order chi connectivity index (χ1) is 19.5. The number of hydrogen-bond acceptors (Lipinski definition) is 11. The number of aromatic nitrogens is 4. The van der Waals surface area contributed by atoms with E-state index in [-0.39, 0.29) is 24.2 Å². The van der Waals surface area contributed by atoms with Gasteiger partial charge in [-0.2, -0.15) is 10.5 Å². The number of nitrogens with zero attached hydrogens (tertiary/aromatic N) is 6. The predicted octanol–water partition coefficient (Wildman–Crippen LogP) is 4.73. The van der Waals surface area contributed by atoms with Crippen molar-refractivity contribution in [2.75, 3.05) is 10.6 Å². The van der Waals surface area contributed by atoms with Crippen molar-refractivity contribution < 1.29 is 9.90 Å². The molecule has 0 bridgehead atoms. The molecule has 1 fully saturated rings. The van der Waals surface area contributed by atoms with Crippen LogP contribution in [0.25, 0.3) is 0 Å². The summed E-state index contributed by atoms with van der Waals surface area (Å²) in [5.41, 5.74) is 2.71. The van der Waals surface area contributed by atoms with Gasteiger partial charge in [0.1, 0.15) is 16.2 Å². The Balaban J connectivity index is 1.15. The normalized spacial score (nSPS) is 17.4. The third-order valence-electron chi connectivity index (χ3n) is 6.70. The van der Waals surface area contributed by atoms with Gasteiger partial charge in [-0.3, -0.25) is 4.79 Å². The van der Waals surface area contributed by atoms with Crippen LogP contribution in [0.4, 0.5) is 10.3 Å². The van der Waals surface area contributed by atoms with Crippen LogP contribution in [0.3, 0.4) is 0 Å². The molecule has 1 unspecified atom stereocenters. The fraction of sp³-hybridized carbons (Fsp3) is 0.321. The van der Waals surface area contributed by atoms with Gasteiger partial charge in [-0.15, -0.1) is 20.4 Å². The second-order valence-electron chi connectivity index (χ2n) is 9.66. The number of aliphatic hydroxyl groups is 1. The average molecular weight is 571 g/mol. The molecule has 1 saturated carbocycles. The largest absolute Gasteiger partial charge is 0.373 e. The van der Waals surface area contributed by atoms with Crippen molar-refractivity contribution in [2.45, 2.75) is 56.6 Å². The molecule has 1 aliphatic rings. The molecular formula is C28H26N8O2S2. The second-order valence-corrected chi connectivity index (χ2v) is 11.7. The zero-order valence-electron chi connectivity index (χ0n) is 21.4. The Morgan fingerprint density at radius 3 is 2.20 bits per heavy atom. The highest BCUT2D eigenvalue weighted by Crippen LogP contribution is 2.43. The maximum atomic E-state index is 12.5. The topological polar surface area (TPSA) is 160 Å². The van der Waals surface area contributed by atoms with E-state index in [9.17, 15) is 9.90 Å². The minimum atomic E-state index is -0.848. The number of anilines is 2. The summed E-state index contributed by atoms with van der Waals surface area (Å²) in [7, 11) is 0. The fourth-order valence-corrected chi connectivity index (χ4v) is 6.67. The second kappa shape index (κ2) is 12.7. The summed E-state index contributed by atoms with van der Waals surface area (Å²) in [6, 6.07) is 18.4. The zero-order valence-corrected chi connectivity index (χ0v) is 23.1. The molecule has 5 rings (SSSR count). The number of benzene rings is 2. The monoisotopic (exact) mass is 570 g/mol. The van der Waals surface area contributed by atoms with Crippen LogP contribution in [-0.2, 0) is 17.6 Å². The lowest BCUT2D eigenvalue weighted by molar-refractivity contribution is -0.115. The fourth-order valence-electron chi connectivity index (χ4n) is 4.83. The van der Waals surface area contributed by atoms with Gasteiger partial charge in [0.25, 0.3) is 0 Å². The van der Waals surface area contributed by atoms with E-state index in [2.05, 4.69) is 43.2 Å². The zero-order chi connectivity index (χ0) is 27.9. The number of aliphatic hydroxyl groups excluding tert-OH is 1. The van der Waals surface area contributed by atoms with Gasteiger partial charge < -0.3 is 15.7 Å². The van der Waals surface area contributed by atoms with E-state index in [1.165, 1.54) is 22.7 Å². The minimum absolute atomic E-state index is 0.157. The van der Waals surface area contributed by atoms with Crippen molar-refractivity contribution >= 4 is 38.8 Å². The average Bonchev–Trinajstić information content (AvgIpc) is 3.63. The first kappa shape index (κ1) is 27.3. The van der Waals surface area contributed by atoms with Crippen molar-refractivity contribution in [3.8, 4) is 12.1 Å². The third-order valence-corrected chi connectivity index (χ3v) is 8.71. The van der Waals surface area contributed by atoms with Crippen LogP contribution < -0.4 is 10.6 Å². The van der Waals surface area contributed by atoms with E-state index >= 15 is 0 Å². The van der Waals surface area contributed by atoms with E-state index in [0.717, 1.165) is 46.8 Å². The number of amides is 1. The Bertz CT molecular complexity index is 1570. The summed E-state index contributed by atoms with van der Waals surface area (Å²) in [6.45, 7) is 0. The van der Waals surface area contributed by atoms with Crippen molar-refractivity contribution in [1.29, 1.82) is 10.5 Å². The van der Waals surface area contributed by atoms with Gasteiger partial charge in [0.15, 0.2) is 0 Å². The van der Waals surface area contributed by atoms with Gasteiger partial charge in [0.05, 0.1) is 29.7 Å². The maximum Gasteiger partial charge on any atom is 0.230 e. The summed E-state index contributed by atoms with van der Waals surface area (Å²) in [5.74, 6) is 0.242. The molecule has 0 spiro atoms. The smallest absolute Gasteiger partial charge is 0.230 e. The molecule has 10 nitrogen and oxygen atoms in total. The molecule has 2 heterocycles. The van der Waals surface area contributed by atoms with Crippen molar-refractivity contribution in [2.24, 2.45) is 0 Å². The van der Waals surface area contributed by atoms with Crippen molar-refractivity contribution in [1.82, 2.24) is 20.4 Å². The Kier molecular flexibility index (Phi) is 8.71. The molecule has 2 aromatic heterocycles. The van der Waals surface area contributed by atoms with Crippen LogP contribution >= 0.6 is 22.7 Å². The molecule has 40 heavy (non-hydrogen) atoms. The molecule has 1 amide bonds. The van der Waals surface area contributed by atoms with Crippen LogP contribution in [0.1, 0.15) is 69.8 Å². The number of carbonyl (C=O) groups is 1. The van der Waals surface area contributed by atoms with Crippen molar-refractivity contribution in [3.05, 3.63) is 80.8 Å². The minimum Gasteiger partial charge on any atom is -0.373 e. The number of nitriles is 2. The Morgan fingerprint density at radius 2 is 1.52 bits per heavy atom. The first-order valence-electron chi connectivity index (χ1n) is 12.9. The molecular weight excluding hydrogens is 544 g/mol. The number of nitrogens with one attached hydrogen (secondary N) is 2. The standard InChI is InChI=1S/C28H26N8O2S2/c29-15-19-6-1-4-17(10-19)12-23(37)31-27-35-33-25(39-27)21-8-3-9-22(14-21)26-34-36-28(40-26)32-24(38)13-18-5-2-7-20(11-18)16-30/h1-2,4-7,10-11,21-23,37H,3,8-9,12-14H2,(H,31,35)(H,32,36,38)/t21-,22-,23?/m0/s1. The van der Waals surface area contributed by atoms with Gasteiger partial charge in [0.2, 0.25) is 16.2 Å². The van der Waals surface area contributed by atoms with Crippen LogP contribution in [0.5, 0.6) is 0 Å². The summed E-state index contributed by atoms with van der Waals surface area (Å²) < 4.78 is 0. The number of carbonyl (C=O) groups excluding carboxylic acids is 1. The van der Waals surface area contributed by atoms with E-state index in [0.29, 0.717) is 27.8 Å². The Labute approximate surface area is 239 Å². The SMILES string of the molecule is N#Cc1cccc(CC(=O)Nc2nnc([C@H]3CCC[C@H](c4nnc(NC(O)Cc5cccc(C#N)c5)s4)C3)s2)c1. The summed E-state index contributed by atoms with van der Waals surface area (Å²) in [4.78, 5) is 12.5. The predicted molar refractivity (Wildman–Crippen MR) is 152 cm³/mol. The van der Waals surface area contributed by atoms with Crippen LogP contribution in [0.2, 0.25) is 0 Å². The quantitative estimate of drug-likeness (QED) is 0.242. The van der Waals surface area contributed by atoms with E-state index in [1.54, 1.807) is 36.4 Å². The lowest BCUT2D eigenvalue weighted by atomic mass is 9.82. The number of hydrogen-bond donors (Lipinski definition) is 3. The van der Waals surface area contributed by atoms with Crippen LogP contribution in [0, 0.1) is 22.7 Å². The summed E-state index contributed by atoms with van der Waals surface area (Å²) in [6.07, 6.45) is 3.53. The maximum absolute atomic E-state index is 12.5. The molecule has 4 aromatic rings. The van der Waals surface area contributed by atoms with Crippen LogP contribution in [0.15, 0.2) is 48.5 Å². The molecule has 12 heteroatoms. The van der Waals surface area contributed by atoms with Crippen molar-refractivity contribution in [3.63, 3.8) is 0 Å². The summed E-state index contributed by atoms with van der Waals surface area (Å²) >= 11 is 2.84. The molecule has 3 N–H and O–H groups in total. The third kappa shape index (κ3) is 7.04. The van der Waals surface area contributed by atoms with E-state index < -0.39 is 6.23 Å². The lowest BCUT2D eigenvalue weighted by Gasteiger charge is -2.25. The van der Waals surface area contributed by atoms with Gasteiger partial charge in [-0.1, -0.05) is 53.4 Å². The van der Waals surface area contributed by atoms with Gasteiger partial charge in [0, 0.05) is 18.3 Å². The molecule has 3 atom stereocenters. The van der Waals surface area contributed by atoms with Crippen LogP contribution in [-0.4, -0.2) is 37.6 Å². The molecule has 0 radical (unpaired) electrons. The molecule has 202 valence electrons. The molecule has 0 saturated heterocycles. The van der Waals surface area contributed by atoms with E-state index in [1.807, 2.05) is 12.1 Å². The molecule has 2 aromatic carbocycles. The first-order valence-corrected chi connectivity index (χ1v) is 14.5. The van der Waals surface area contributed by atoms with Gasteiger partial charge >= 0.3 is 0 Å². The van der Waals surface area contributed by atoms with Gasteiger partial charge in [-0.05, 0) is 54.7 Å². The lowest BCUT2D eigenvalue weighted by Crippen LogP contribution is -2.21. The highest BCUT2D eigenvalue weighted by atomic mass is 32.1. The van der Waals surface area contributed by atoms with Gasteiger partial charge in [-0.25, -0.2) is 0 Å². The Morgan fingerprint density at radius 1 is 0.925 bits per heavy atom. The molecule has 0 aliphatic heterocycles. The summed E-state index contributed by atoms with van der Waals surface area (Å²) in [5, 5.41) is 54.5. The highest BCUT2D eigenvalue weighted by molar-refractivity contribution is 7.15.